The highest BCUT2D eigenvalue weighted by Gasteiger charge is 2.48. The third kappa shape index (κ3) is 5.00. The maximum Gasteiger partial charge on any atom is 0.301 e. The maximum absolute atomic E-state index is 13.6. The number of benzene rings is 3. The fourth-order valence-electron chi connectivity index (χ4n) is 4.68. The van der Waals surface area contributed by atoms with Crippen molar-refractivity contribution in [3.05, 3.63) is 88.5 Å². The Bertz CT molecular complexity index is 1590. The third-order valence-electron chi connectivity index (χ3n) is 6.85. The Morgan fingerprint density at radius 2 is 1.77 bits per heavy atom. The number of methoxy groups -OCH3 is 1. The number of fused-ring (bicyclic) bond motifs is 1. The first-order valence-corrected chi connectivity index (χ1v) is 13.7. The van der Waals surface area contributed by atoms with Crippen molar-refractivity contribution in [1.82, 2.24) is 4.98 Å². The highest BCUT2D eigenvalue weighted by atomic mass is 32.1. The molecule has 1 aliphatic heterocycles. The van der Waals surface area contributed by atoms with Gasteiger partial charge in [0.25, 0.3) is 5.78 Å². The van der Waals surface area contributed by atoms with Crippen molar-refractivity contribution in [1.29, 1.82) is 0 Å². The second-order valence-electron chi connectivity index (χ2n) is 9.59. The number of hydrogen-bond acceptors (Lipinski definition) is 7. The minimum atomic E-state index is -0.864. The summed E-state index contributed by atoms with van der Waals surface area (Å²) in [7, 11) is 1.59. The minimum Gasteiger partial charge on any atom is -0.507 e. The van der Waals surface area contributed by atoms with Crippen molar-refractivity contribution in [3.8, 4) is 11.5 Å². The first-order valence-electron chi connectivity index (χ1n) is 12.9. The van der Waals surface area contributed by atoms with E-state index in [1.807, 2.05) is 68.4 Å². The van der Waals surface area contributed by atoms with Crippen LogP contribution in [0.3, 0.4) is 0 Å². The number of aliphatic hydroxyl groups excluding tert-OH is 1. The van der Waals surface area contributed by atoms with Crippen molar-refractivity contribution in [3.63, 3.8) is 0 Å². The Morgan fingerprint density at radius 3 is 2.49 bits per heavy atom. The average Bonchev–Trinajstić information content (AvgIpc) is 3.47. The van der Waals surface area contributed by atoms with Crippen LogP contribution in [0.15, 0.2) is 66.2 Å². The van der Waals surface area contributed by atoms with Gasteiger partial charge in [-0.1, -0.05) is 54.5 Å². The van der Waals surface area contributed by atoms with Crippen LogP contribution < -0.4 is 14.4 Å². The number of aromatic nitrogens is 1. The van der Waals surface area contributed by atoms with Crippen molar-refractivity contribution in [2.75, 3.05) is 18.6 Å². The van der Waals surface area contributed by atoms with Gasteiger partial charge in [0.05, 0.1) is 35.5 Å². The Balaban J connectivity index is 1.66. The monoisotopic (exact) mass is 542 g/mol. The number of anilines is 1. The fourth-order valence-corrected chi connectivity index (χ4v) is 5.71. The number of hydrogen-bond donors (Lipinski definition) is 1. The van der Waals surface area contributed by atoms with Crippen LogP contribution in [0.25, 0.3) is 16.0 Å². The number of rotatable bonds is 8. The molecular formula is C31H30N2O5S. The number of Topliss-reactive ketones (excluding diaryl/α,β-unsaturated/α-hetero) is 1. The second-order valence-corrected chi connectivity index (χ2v) is 10.6. The van der Waals surface area contributed by atoms with E-state index in [-0.39, 0.29) is 11.3 Å². The summed E-state index contributed by atoms with van der Waals surface area (Å²) < 4.78 is 12.0. The summed E-state index contributed by atoms with van der Waals surface area (Å²) in [4.78, 5) is 33.2. The molecule has 1 unspecified atom stereocenters. The molecule has 1 fully saturated rings. The number of aryl methyl sites for hydroxylation is 2. The van der Waals surface area contributed by atoms with Gasteiger partial charge in [-0.2, -0.15) is 0 Å². The first kappa shape index (κ1) is 26.4. The van der Waals surface area contributed by atoms with E-state index in [9.17, 15) is 14.7 Å². The summed E-state index contributed by atoms with van der Waals surface area (Å²) in [5, 5.41) is 11.9. The molecule has 1 saturated heterocycles. The molecule has 0 aliphatic carbocycles. The molecule has 1 atom stereocenters. The Kier molecular flexibility index (Phi) is 7.39. The van der Waals surface area contributed by atoms with E-state index in [2.05, 4.69) is 11.9 Å². The summed E-state index contributed by atoms with van der Waals surface area (Å²) in [6.45, 7) is 6.49. The lowest BCUT2D eigenvalue weighted by Gasteiger charge is -2.23. The lowest BCUT2D eigenvalue weighted by atomic mass is 9.93. The smallest absolute Gasteiger partial charge is 0.301 e. The van der Waals surface area contributed by atoms with Gasteiger partial charge < -0.3 is 14.6 Å². The van der Waals surface area contributed by atoms with Gasteiger partial charge in [-0.3, -0.25) is 14.5 Å². The number of ketones is 1. The van der Waals surface area contributed by atoms with Gasteiger partial charge in [0.15, 0.2) is 5.13 Å². The normalized spacial score (nSPS) is 16.7. The molecule has 8 heteroatoms. The molecule has 7 nitrogen and oxygen atoms in total. The van der Waals surface area contributed by atoms with E-state index in [1.54, 1.807) is 13.2 Å². The average molecular weight is 543 g/mol. The summed E-state index contributed by atoms with van der Waals surface area (Å²) in [6, 6.07) is 17.6. The summed E-state index contributed by atoms with van der Waals surface area (Å²) in [5.41, 5.74) is 3.64. The Hall–Kier alpha value is -4.17. The third-order valence-corrected chi connectivity index (χ3v) is 7.86. The zero-order valence-electron chi connectivity index (χ0n) is 22.4. The lowest BCUT2D eigenvalue weighted by Crippen LogP contribution is -2.29. The molecule has 2 heterocycles. The highest BCUT2D eigenvalue weighted by molar-refractivity contribution is 7.22. The van der Waals surface area contributed by atoms with Crippen LogP contribution in [0.2, 0.25) is 0 Å². The standard InChI is InChI=1S/C31H30N2O5S/c1-5-6-15-38-21-11-9-20(10-12-21)27-26(28(34)23-16-18(2)7-8-19(23)3)29(35)30(36)33(27)31-32-24-14-13-22(37-4)17-25(24)39-31/h7-14,16-17,27,34H,5-6,15H2,1-4H3. The number of thiazole rings is 1. The quantitative estimate of drug-likeness (QED) is 0.115. The molecule has 4 aromatic rings. The highest BCUT2D eigenvalue weighted by Crippen LogP contribution is 2.45. The molecule has 3 aromatic carbocycles. The van der Waals surface area contributed by atoms with Gasteiger partial charge in [-0.15, -0.1) is 0 Å². The summed E-state index contributed by atoms with van der Waals surface area (Å²) >= 11 is 1.29. The molecule has 1 aromatic heterocycles. The number of unbranched alkanes of at least 4 members (excludes halogenated alkanes) is 1. The van der Waals surface area contributed by atoms with E-state index < -0.39 is 17.7 Å². The molecule has 200 valence electrons. The number of ether oxygens (including phenoxy) is 2. The second kappa shape index (κ2) is 10.9. The van der Waals surface area contributed by atoms with Crippen LogP contribution in [0, 0.1) is 13.8 Å². The molecule has 5 rings (SSSR count). The van der Waals surface area contributed by atoms with E-state index in [4.69, 9.17) is 9.47 Å². The van der Waals surface area contributed by atoms with Crippen LogP contribution in [-0.2, 0) is 9.59 Å². The number of carbonyl (C=O) groups is 2. The van der Waals surface area contributed by atoms with Gasteiger partial charge in [-0.25, -0.2) is 4.98 Å². The van der Waals surface area contributed by atoms with Crippen molar-refractivity contribution >= 4 is 44.1 Å². The number of amides is 1. The van der Waals surface area contributed by atoms with Crippen molar-refractivity contribution in [2.45, 2.75) is 39.7 Å². The SMILES string of the molecule is CCCCOc1ccc(C2C(=C(O)c3cc(C)ccc3C)C(=O)C(=O)N2c2nc3ccc(OC)cc3s2)cc1. The van der Waals surface area contributed by atoms with Gasteiger partial charge >= 0.3 is 5.91 Å². The molecular weight excluding hydrogens is 512 g/mol. The van der Waals surface area contributed by atoms with E-state index in [0.717, 1.165) is 28.7 Å². The van der Waals surface area contributed by atoms with Crippen LogP contribution in [0.5, 0.6) is 11.5 Å². The topological polar surface area (TPSA) is 89.0 Å². The first-order chi connectivity index (χ1) is 18.8. The van der Waals surface area contributed by atoms with Gasteiger partial charge in [0.1, 0.15) is 17.3 Å². The van der Waals surface area contributed by atoms with Crippen LogP contribution >= 0.6 is 11.3 Å². The van der Waals surface area contributed by atoms with Crippen LogP contribution in [-0.4, -0.2) is 35.5 Å². The molecule has 0 spiro atoms. The van der Waals surface area contributed by atoms with Crippen molar-refractivity contribution in [2.24, 2.45) is 0 Å². The van der Waals surface area contributed by atoms with E-state index >= 15 is 0 Å². The molecule has 1 N–H and O–H groups in total. The van der Waals surface area contributed by atoms with E-state index in [1.165, 1.54) is 16.2 Å². The number of carbonyl (C=O) groups excluding carboxylic acids is 2. The maximum atomic E-state index is 13.6. The Morgan fingerprint density at radius 1 is 1.03 bits per heavy atom. The van der Waals surface area contributed by atoms with Gasteiger partial charge in [-0.05, 0) is 67.8 Å². The summed E-state index contributed by atoms with van der Waals surface area (Å²) in [5.74, 6) is -0.316. The zero-order chi connectivity index (χ0) is 27.7. The largest absolute Gasteiger partial charge is 0.507 e. The van der Waals surface area contributed by atoms with E-state index in [0.29, 0.717) is 39.9 Å². The van der Waals surface area contributed by atoms with Gasteiger partial charge in [0, 0.05) is 5.56 Å². The molecule has 1 amide bonds. The number of aliphatic hydroxyl groups is 1. The van der Waals surface area contributed by atoms with Gasteiger partial charge in [0.2, 0.25) is 0 Å². The molecule has 0 bridgehead atoms. The predicted molar refractivity (Wildman–Crippen MR) is 154 cm³/mol. The van der Waals surface area contributed by atoms with Crippen molar-refractivity contribution < 1.29 is 24.2 Å². The Labute approximate surface area is 231 Å². The lowest BCUT2D eigenvalue weighted by molar-refractivity contribution is -0.132. The molecule has 39 heavy (non-hydrogen) atoms. The van der Waals surface area contributed by atoms with Crippen LogP contribution in [0.4, 0.5) is 5.13 Å². The molecule has 0 radical (unpaired) electrons. The fraction of sp³-hybridized carbons (Fsp3) is 0.258. The van der Waals surface area contributed by atoms with Crippen LogP contribution in [0.1, 0.15) is 48.1 Å². The zero-order valence-corrected chi connectivity index (χ0v) is 23.2. The molecule has 0 saturated carbocycles. The molecule has 1 aliphatic rings. The minimum absolute atomic E-state index is 0.0326. The summed E-state index contributed by atoms with van der Waals surface area (Å²) in [6.07, 6.45) is 1.97. The number of nitrogens with zero attached hydrogens (tertiary/aromatic N) is 2. The predicted octanol–water partition coefficient (Wildman–Crippen LogP) is 6.73.